The molecule has 0 amide bonds. The number of hydrogen-bond donors (Lipinski definition) is 1. The van der Waals surface area contributed by atoms with Crippen LogP contribution in [0.5, 0.6) is 0 Å². The van der Waals surface area contributed by atoms with Gasteiger partial charge in [0.05, 0.1) is 0 Å². The van der Waals surface area contributed by atoms with Crippen molar-refractivity contribution in [2.45, 2.75) is 51.0 Å². The fraction of sp³-hybridized carbons (Fsp3) is 0.750. The van der Waals surface area contributed by atoms with Gasteiger partial charge in [-0.1, -0.05) is 25.3 Å². The van der Waals surface area contributed by atoms with Gasteiger partial charge in [-0.25, -0.2) is 0 Å². The van der Waals surface area contributed by atoms with Crippen molar-refractivity contribution < 1.29 is 0 Å². The van der Waals surface area contributed by atoms with Gasteiger partial charge in [-0.15, -0.1) is 11.3 Å². The van der Waals surface area contributed by atoms with Crippen LogP contribution in [0.1, 0.15) is 43.4 Å². The third-order valence-corrected chi connectivity index (χ3v) is 5.01. The molecule has 0 radical (unpaired) electrons. The Kier molecular flexibility index (Phi) is 6.90. The molecule has 19 heavy (non-hydrogen) atoms. The molecule has 108 valence electrons. The third-order valence-electron chi connectivity index (χ3n) is 4.07. The Morgan fingerprint density at radius 3 is 2.84 bits per heavy atom. The molecular weight excluding hydrogens is 252 g/mol. The lowest BCUT2D eigenvalue weighted by atomic mass is 9.95. The summed E-state index contributed by atoms with van der Waals surface area (Å²) in [7, 11) is 2.24. The van der Waals surface area contributed by atoms with Crippen LogP contribution in [0.3, 0.4) is 0 Å². The van der Waals surface area contributed by atoms with E-state index >= 15 is 0 Å². The Bertz CT molecular complexity index is 317. The highest BCUT2D eigenvalue weighted by atomic mass is 32.1. The van der Waals surface area contributed by atoms with Crippen LogP contribution in [0.15, 0.2) is 17.5 Å². The van der Waals surface area contributed by atoms with Crippen LogP contribution in [-0.4, -0.2) is 37.6 Å². The predicted molar refractivity (Wildman–Crippen MR) is 85.0 cm³/mol. The van der Waals surface area contributed by atoms with E-state index in [1.54, 1.807) is 0 Å². The molecule has 0 spiro atoms. The van der Waals surface area contributed by atoms with Gasteiger partial charge >= 0.3 is 0 Å². The van der Waals surface area contributed by atoms with Crippen LogP contribution in [0.4, 0.5) is 0 Å². The molecule has 1 saturated carbocycles. The zero-order valence-electron chi connectivity index (χ0n) is 12.2. The second-order valence-electron chi connectivity index (χ2n) is 5.78. The summed E-state index contributed by atoms with van der Waals surface area (Å²) < 4.78 is 0. The highest BCUT2D eigenvalue weighted by Gasteiger charge is 2.11. The zero-order chi connectivity index (χ0) is 13.3. The first kappa shape index (κ1) is 15.0. The van der Waals surface area contributed by atoms with E-state index in [0.29, 0.717) is 0 Å². The molecule has 1 N–H and O–H groups in total. The SMILES string of the molecule is CN(CCCNC1CCCCC1)CCc1cccs1. The number of thiophene rings is 1. The Morgan fingerprint density at radius 1 is 1.26 bits per heavy atom. The van der Waals surface area contributed by atoms with Crippen molar-refractivity contribution in [1.82, 2.24) is 10.2 Å². The summed E-state index contributed by atoms with van der Waals surface area (Å²) in [5.74, 6) is 0. The Hall–Kier alpha value is -0.380. The molecule has 2 nitrogen and oxygen atoms in total. The first-order chi connectivity index (χ1) is 9.34. The topological polar surface area (TPSA) is 15.3 Å². The van der Waals surface area contributed by atoms with Gasteiger partial charge in [0.25, 0.3) is 0 Å². The second kappa shape index (κ2) is 8.72. The molecule has 1 aliphatic rings. The van der Waals surface area contributed by atoms with Crippen LogP contribution >= 0.6 is 11.3 Å². The van der Waals surface area contributed by atoms with Gasteiger partial charge in [0.15, 0.2) is 0 Å². The highest BCUT2D eigenvalue weighted by Crippen LogP contribution is 2.17. The van der Waals surface area contributed by atoms with Crippen molar-refractivity contribution in [2.24, 2.45) is 0 Å². The monoisotopic (exact) mass is 280 g/mol. The lowest BCUT2D eigenvalue weighted by molar-refractivity contribution is 0.317. The molecule has 2 rings (SSSR count). The normalized spacial score (nSPS) is 17.2. The highest BCUT2D eigenvalue weighted by molar-refractivity contribution is 7.09. The quantitative estimate of drug-likeness (QED) is 0.733. The number of likely N-dealkylation sites (N-methyl/N-ethyl adjacent to an activating group) is 1. The number of rotatable bonds is 8. The van der Waals surface area contributed by atoms with Gasteiger partial charge in [0, 0.05) is 17.5 Å². The van der Waals surface area contributed by atoms with E-state index in [1.807, 2.05) is 11.3 Å². The second-order valence-corrected chi connectivity index (χ2v) is 6.81. The molecule has 0 aromatic carbocycles. The smallest absolute Gasteiger partial charge is 0.00670 e. The molecule has 0 bridgehead atoms. The van der Waals surface area contributed by atoms with Crippen LogP contribution in [-0.2, 0) is 6.42 Å². The summed E-state index contributed by atoms with van der Waals surface area (Å²) in [6.07, 6.45) is 9.57. The number of nitrogens with one attached hydrogen (secondary N) is 1. The van der Waals surface area contributed by atoms with E-state index in [1.165, 1.54) is 69.5 Å². The van der Waals surface area contributed by atoms with Crippen molar-refractivity contribution >= 4 is 11.3 Å². The van der Waals surface area contributed by atoms with Crippen molar-refractivity contribution in [3.8, 4) is 0 Å². The summed E-state index contributed by atoms with van der Waals surface area (Å²) in [4.78, 5) is 3.97. The molecular formula is C16H28N2S. The maximum Gasteiger partial charge on any atom is 0.00670 e. The fourth-order valence-electron chi connectivity index (χ4n) is 2.83. The average Bonchev–Trinajstić information content (AvgIpc) is 2.96. The molecule has 3 heteroatoms. The standard InChI is InChI=1S/C16H28N2S/c1-18(13-10-16-9-5-14-19-16)12-6-11-17-15-7-3-2-4-8-15/h5,9,14-15,17H,2-4,6-8,10-13H2,1H3. The van der Waals surface area contributed by atoms with Crippen molar-refractivity contribution in [1.29, 1.82) is 0 Å². The van der Waals surface area contributed by atoms with Gasteiger partial charge in [-0.05, 0) is 57.3 Å². The zero-order valence-corrected chi connectivity index (χ0v) is 13.1. The minimum absolute atomic E-state index is 0.810. The Morgan fingerprint density at radius 2 is 2.11 bits per heavy atom. The van der Waals surface area contributed by atoms with E-state index in [2.05, 4.69) is 34.8 Å². The molecule has 1 aromatic heterocycles. The van der Waals surface area contributed by atoms with Crippen molar-refractivity contribution in [3.05, 3.63) is 22.4 Å². The molecule has 0 atom stereocenters. The fourth-order valence-corrected chi connectivity index (χ4v) is 3.53. The van der Waals surface area contributed by atoms with Gasteiger partial charge in [0.1, 0.15) is 0 Å². The van der Waals surface area contributed by atoms with Crippen molar-refractivity contribution in [3.63, 3.8) is 0 Å². The average molecular weight is 280 g/mol. The molecule has 0 aliphatic heterocycles. The van der Waals surface area contributed by atoms with Crippen molar-refractivity contribution in [2.75, 3.05) is 26.7 Å². The molecule has 1 heterocycles. The largest absolute Gasteiger partial charge is 0.314 e. The predicted octanol–water partition coefficient (Wildman–Crippen LogP) is 3.53. The molecule has 1 aromatic rings. The van der Waals surface area contributed by atoms with Crippen LogP contribution in [0.25, 0.3) is 0 Å². The molecule has 0 saturated heterocycles. The van der Waals surface area contributed by atoms with E-state index in [0.717, 1.165) is 6.04 Å². The van der Waals surface area contributed by atoms with Crippen LogP contribution in [0.2, 0.25) is 0 Å². The maximum atomic E-state index is 3.72. The minimum atomic E-state index is 0.810. The van der Waals surface area contributed by atoms with E-state index in [9.17, 15) is 0 Å². The first-order valence-corrected chi connectivity index (χ1v) is 8.67. The summed E-state index contributed by atoms with van der Waals surface area (Å²) in [6, 6.07) is 5.20. The summed E-state index contributed by atoms with van der Waals surface area (Å²) in [5.41, 5.74) is 0. The summed E-state index contributed by atoms with van der Waals surface area (Å²) >= 11 is 1.87. The number of hydrogen-bond acceptors (Lipinski definition) is 3. The Balaban J connectivity index is 1.48. The molecule has 1 fully saturated rings. The van der Waals surface area contributed by atoms with Gasteiger partial charge < -0.3 is 10.2 Å². The third kappa shape index (κ3) is 6.07. The van der Waals surface area contributed by atoms with Crippen LogP contribution in [0, 0.1) is 0 Å². The van der Waals surface area contributed by atoms with Gasteiger partial charge in [-0.2, -0.15) is 0 Å². The van der Waals surface area contributed by atoms with Gasteiger partial charge in [0.2, 0.25) is 0 Å². The van der Waals surface area contributed by atoms with E-state index < -0.39 is 0 Å². The van der Waals surface area contributed by atoms with Gasteiger partial charge in [-0.3, -0.25) is 0 Å². The summed E-state index contributed by atoms with van der Waals surface area (Å²) in [6.45, 7) is 3.59. The maximum absolute atomic E-state index is 3.72. The number of nitrogens with zero attached hydrogens (tertiary/aromatic N) is 1. The molecule has 1 aliphatic carbocycles. The van der Waals surface area contributed by atoms with E-state index in [4.69, 9.17) is 0 Å². The molecule has 0 unspecified atom stereocenters. The summed E-state index contributed by atoms with van der Waals surface area (Å²) in [5, 5.41) is 5.89. The lowest BCUT2D eigenvalue weighted by Crippen LogP contribution is -2.33. The Labute approximate surface area is 122 Å². The minimum Gasteiger partial charge on any atom is -0.314 e. The van der Waals surface area contributed by atoms with E-state index in [-0.39, 0.29) is 0 Å². The lowest BCUT2D eigenvalue weighted by Gasteiger charge is -2.23. The van der Waals surface area contributed by atoms with Crippen LogP contribution < -0.4 is 5.32 Å². The first-order valence-electron chi connectivity index (χ1n) is 7.79.